The fraction of sp³-hybridized carbons (Fsp3) is 0.227. The van der Waals surface area contributed by atoms with E-state index in [2.05, 4.69) is 25.5 Å². The van der Waals surface area contributed by atoms with Crippen LogP contribution in [0.25, 0.3) is 11.3 Å². The zero-order valence-electron chi connectivity index (χ0n) is 16.2. The lowest BCUT2D eigenvalue weighted by Crippen LogP contribution is -2.30. The van der Waals surface area contributed by atoms with Crippen LogP contribution in [0, 0.1) is 11.6 Å². The van der Waals surface area contributed by atoms with Crippen molar-refractivity contribution in [2.24, 2.45) is 0 Å². The molecule has 2 N–H and O–H groups in total. The Labute approximate surface area is 173 Å². The summed E-state index contributed by atoms with van der Waals surface area (Å²) < 4.78 is 27.0. The van der Waals surface area contributed by atoms with Gasteiger partial charge in [-0.3, -0.25) is 4.98 Å². The number of anilines is 3. The van der Waals surface area contributed by atoms with Crippen LogP contribution in [-0.2, 0) is 0 Å². The summed E-state index contributed by atoms with van der Waals surface area (Å²) in [6, 6.07) is 9.38. The Balaban J connectivity index is 1.53. The maximum Gasteiger partial charge on any atom is 0.323 e. The summed E-state index contributed by atoms with van der Waals surface area (Å²) in [5.41, 5.74) is 1.81. The average Bonchev–Trinajstić information content (AvgIpc) is 2.77. The van der Waals surface area contributed by atoms with Gasteiger partial charge in [0.2, 0.25) is 0 Å². The molecule has 0 unspecified atom stereocenters. The Bertz CT molecular complexity index is 1050. The van der Waals surface area contributed by atoms with Crippen LogP contribution in [-0.4, -0.2) is 29.1 Å². The highest BCUT2D eigenvalue weighted by Crippen LogP contribution is 2.30. The lowest BCUT2D eigenvalue weighted by Gasteiger charge is -2.28. The molecular formula is C22H21F2N5O. The normalized spacial score (nSPS) is 13.7. The highest BCUT2D eigenvalue weighted by Gasteiger charge is 2.18. The van der Waals surface area contributed by atoms with Crippen molar-refractivity contribution in [2.45, 2.75) is 19.3 Å². The highest BCUT2D eigenvalue weighted by atomic mass is 19.1. The van der Waals surface area contributed by atoms with Crippen molar-refractivity contribution in [1.82, 2.24) is 9.97 Å². The number of halogens is 2. The molecule has 8 heteroatoms. The third kappa shape index (κ3) is 4.53. The molecule has 1 fully saturated rings. The number of aromatic nitrogens is 2. The first kappa shape index (κ1) is 19.8. The van der Waals surface area contributed by atoms with E-state index in [0.29, 0.717) is 5.69 Å². The van der Waals surface area contributed by atoms with Gasteiger partial charge in [0.05, 0.1) is 5.69 Å². The van der Waals surface area contributed by atoms with Gasteiger partial charge in [0.1, 0.15) is 17.3 Å². The summed E-state index contributed by atoms with van der Waals surface area (Å²) >= 11 is 0. The minimum Gasteiger partial charge on any atom is -0.355 e. The first-order valence-corrected chi connectivity index (χ1v) is 9.79. The molecule has 0 bridgehead atoms. The predicted octanol–water partition coefficient (Wildman–Crippen LogP) is 5.06. The largest absolute Gasteiger partial charge is 0.355 e. The fourth-order valence-electron chi connectivity index (χ4n) is 3.49. The molecule has 0 radical (unpaired) electrons. The van der Waals surface area contributed by atoms with E-state index >= 15 is 0 Å². The molecule has 2 amide bonds. The maximum absolute atomic E-state index is 13.7. The molecule has 1 aliphatic heterocycles. The number of hydrogen-bond donors (Lipinski definition) is 2. The van der Waals surface area contributed by atoms with Crippen molar-refractivity contribution < 1.29 is 13.6 Å². The van der Waals surface area contributed by atoms with Crippen molar-refractivity contribution >= 4 is 23.2 Å². The summed E-state index contributed by atoms with van der Waals surface area (Å²) in [6.07, 6.45) is 6.77. The molecule has 1 aliphatic rings. The van der Waals surface area contributed by atoms with Crippen LogP contribution < -0.4 is 15.5 Å². The summed E-state index contributed by atoms with van der Waals surface area (Å²) in [5.74, 6) is -0.534. The van der Waals surface area contributed by atoms with E-state index in [4.69, 9.17) is 0 Å². The number of nitrogens with zero attached hydrogens (tertiary/aromatic N) is 3. The van der Waals surface area contributed by atoms with E-state index in [-0.39, 0.29) is 5.69 Å². The van der Waals surface area contributed by atoms with Crippen LogP contribution in [0.3, 0.4) is 0 Å². The number of carbonyl (C=O) groups excluding carboxylic acids is 1. The zero-order chi connectivity index (χ0) is 20.9. The molecule has 0 aliphatic carbocycles. The molecule has 0 spiro atoms. The first-order chi connectivity index (χ1) is 14.6. The van der Waals surface area contributed by atoms with Gasteiger partial charge in [-0.2, -0.15) is 0 Å². The van der Waals surface area contributed by atoms with Gasteiger partial charge < -0.3 is 15.5 Å². The van der Waals surface area contributed by atoms with Crippen molar-refractivity contribution in [3.05, 3.63) is 66.5 Å². The first-order valence-electron chi connectivity index (χ1n) is 9.79. The SMILES string of the molecule is O=C(Nc1cccc(-c2nccnc2N2CCCCC2)c1)Nc1cc(F)ccc1F. The summed E-state index contributed by atoms with van der Waals surface area (Å²) in [7, 11) is 0. The zero-order valence-corrected chi connectivity index (χ0v) is 16.2. The van der Waals surface area contributed by atoms with E-state index in [9.17, 15) is 13.6 Å². The predicted molar refractivity (Wildman–Crippen MR) is 113 cm³/mol. The Hall–Kier alpha value is -3.55. The molecular weight excluding hydrogens is 388 g/mol. The lowest BCUT2D eigenvalue weighted by atomic mass is 10.1. The number of benzene rings is 2. The molecule has 3 aromatic rings. The van der Waals surface area contributed by atoms with Gasteiger partial charge in [-0.15, -0.1) is 0 Å². The molecule has 6 nitrogen and oxygen atoms in total. The maximum atomic E-state index is 13.7. The smallest absolute Gasteiger partial charge is 0.323 e. The van der Waals surface area contributed by atoms with Crippen molar-refractivity contribution in [3.8, 4) is 11.3 Å². The average molecular weight is 409 g/mol. The second-order valence-electron chi connectivity index (χ2n) is 7.06. The second-order valence-corrected chi connectivity index (χ2v) is 7.06. The molecule has 2 aromatic carbocycles. The summed E-state index contributed by atoms with van der Waals surface area (Å²) in [4.78, 5) is 23.5. The Morgan fingerprint density at radius 3 is 2.57 bits per heavy atom. The number of amides is 2. The van der Waals surface area contributed by atoms with Crippen LogP contribution in [0.4, 0.5) is 30.8 Å². The molecule has 4 rings (SSSR count). The van der Waals surface area contributed by atoms with Gasteiger partial charge in [0.15, 0.2) is 5.82 Å². The monoisotopic (exact) mass is 409 g/mol. The molecule has 1 saturated heterocycles. The van der Waals surface area contributed by atoms with Crippen molar-refractivity contribution in [3.63, 3.8) is 0 Å². The fourth-order valence-corrected chi connectivity index (χ4v) is 3.49. The molecule has 2 heterocycles. The number of hydrogen-bond acceptors (Lipinski definition) is 4. The molecule has 154 valence electrons. The van der Waals surface area contributed by atoms with Crippen molar-refractivity contribution in [1.29, 1.82) is 0 Å². The standard InChI is InChI=1S/C22H21F2N5O/c23-16-7-8-18(24)19(14-16)28-22(30)27-17-6-4-5-15(13-17)20-21(26-10-9-25-20)29-11-2-1-3-12-29/h4-10,13-14H,1-3,11-12H2,(H2,27,28,30). The quantitative estimate of drug-likeness (QED) is 0.632. The van der Waals surface area contributed by atoms with Gasteiger partial charge in [-0.25, -0.2) is 18.6 Å². The van der Waals surface area contributed by atoms with E-state index in [1.165, 1.54) is 6.42 Å². The number of nitrogens with one attached hydrogen (secondary N) is 2. The van der Waals surface area contributed by atoms with Crippen LogP contribution >= 0.6 is 0 Å². The third-order valence-corrected chi connectivity index (χ3v) is 4.91. The lowest BCUT2D eigenvalue weighted by molar-refractivity contribution is 0.262. The van der Waals surface area contributed by atoms with Gasteiger partial charge in [-0.05, 0) is 43.5 Å². The highest BCUT2D eigenvalue weighted by molar-refractivity contribution is 6.00. The molecule has 1 aromatic heterocycles. The van der Waals surface area contributed by atoms with Crippen LogP contribution in [0.15, 0.2) is 54.9 Å². The van der Waals surface area contributed by atoms with Gasteiger partial charge in [0, 0.05) is 42.8 Å². The van der Waals surface area contributed by atoms with E-state index in [1.54, 1.807) is 30.6 Å². The molecule has 0 atom stereocenters. The Morgan fingerprint density at radius 2 is 1.73 bits per heavy atom. The topological polar surface area (TPSA) is 70.2 Å². The van der Waals surface area contributed by atoms with E-state index in [1.807, 2.05) is 6.07 Å². The molecule has 30 heavy (non-hydrogen) atoms. The summed E-state index contributed by atoms with van der Waals surface area (Å²) in [6.45, 7) is 1.87. The molecule has 0 saturated carbocycles. The van der Waals surface area contributed by atoms with Crippen LogP contribution in [0.5, 0.6) is 0 Å². The third-order valence-electron chi connectivity index (χ3n) is 4.91. The Kier molecular flexibility index (Phi) is 5.83. The minimum atomic E-state index is -0.717. The number of carbonyl (C=O) groups is 1. The van der Waals surface area contributed by atoms with Gasteiger partial charge >= 0.3 is 6.03 Å². The number of piperidine rings is 1. The minimum absolute atomic E-state index is 0.232. The Morgan fingerprint density at radius 1 is 0.933 bits per heavy atom. The van der Waals surface area contributed by atoms with Gasteiger partial charge in [-0.1, -0.05) is 12.1 Å². The van der Waals surface area contributed by atoms with Crippen LogP contribution in [0.2, 0.25) is 0 Å². The number of urea groups is 1. The second kappa shape index (κ2) is 8.86. The van der Waals surface area contributed by atoms with E-state index < -0.39 is 17.7 Å². The van der Waals surface area contributed by atoms with Gasteiger partial charge in [0.25, 0.3) is 0 Å². The summed E-state index contributed by atoms with van der Waals surface area (Å²) in [5, 5.41) is 4.97. The number of rotatable bonds is 4. The van der Waals surface area contributed by atoms with E-state index in [0.717, 1.165) is 61.2 Å². The van der Waals surface area contributed by atoms with Crippen LogP contribution in [0.1, 0.15) is 19.3 Å². The van der Waals surface area contributed by atoms with Crippen molar-refractivity contribution in [2.75, 3.05) is 28.6 Å².